The molecule has 1 fully saturated rings. The van der Waals surface area contributed by atoms with Crippen molar-refractivity contribution in [1.29, 1.82) is 0 Å². The fourth-order valence-electron chi connectivity index (χ4n) is 3.79. The van der Waals surface area contributed by atoms with Crippen molar-refractivity contribution in [3.05, 3.63) is 42.7 Å². The summed E-state index contributed by atoms with van der Waals surface area (Å²) < 4.78 is 3.80. The normalized spacial score (nSPS) is 15.4. The predicted octanol–water partition coefficient (Wildman–Crippen LogP) is 2.56. The molecular weight excluding hydrogens is 392 g/mol. The number of likely N-dealkylation sites (tertiary alicyclic amines) is 1. The van der Waals surface area contributed by atoms with Gasteiger partial charge in [0.25, 0.3) is 0 Å². The zero-order valence-corrected chi connectivity index (χ0v) is 18.1. The highest BCUT2D eigenvalue weighted by Crippen LogP contribution is 2.26. The maximum Gasteiger partial charge on any atom is 0.219 e. The van der Waals surface area contributed by atoms with Crippen LogP contribution in [-0.4, -0.2) is 60.5 Å². The highest BCUT2D eigenvalue weighted by Gasteiger charge is 2.27. The van der Waals surface area contributed by atoms with E-state index in [0.29, 0.717) is 30.4 Å². The van der Waals surface area contributed by atoms with Crippen molar-refractivity contribution < 1.29 is 4.79 Å². The molecule has 1 saturated heterocycles. The van der Waals surface area contributed by atoms with Crippen LogP contribution >= 0.6 is 0 Å². The molecule has 2 N–H and O–H groups in total. The van der Waals surface area contributed by atoms with Crippen LogP contribution in [0.5, 0.6) is 0 Å². The fourth-order valence-corrected chi connectivity index (χ4v) is 3.79. The molecule has 162 valence electrons. The Morgan fingerprint density at radius 3 is 2.74 bits per heavy atom. The van der Waals surface area contributed by atoms with E-state index >= 15 is 0 Å². The minimum absolute atomic E-state index is 0.0745. The molecule has 3 aromatic heterocycles. The van der Waals surface area contributed by atoms with Gasteiger partial charge >= 0.3 is 0 Å². The molecule has 4 rings (SSSR count). The minimum atomic E-state index is 0.0745. The van der Waals surface area contributed by atoms with E-state index in [-0.39, 0.29) is 11.9 Å². The summed E-state index contributed by atoms with van der Waals surface area (Å²) in [5, 5.41) is 8.97. The zero-order valence-electron chi connectivity index (χ0n) is 18.1. The summed E-state index contributed by atoms with van der Waals surface area (Å²) in [6.45, 7) is 7.17. The second-order valence-electron chi connectivity index (χ2n) is 7.79. The molecule has 0 unspecified atom stereocenters. The number of aliphatic imine (C=N–C) groups is 1. The van der Waals surface area contributed by atoms with Gasteiger partial charge in [0.2, 0.25) is 5.91 Å². The molecule has 0 aliphatic carbocycles. The van der Waals surface area contributed by atoms with E-state index in [1.807, 2.05) is 29.3 Å². The summed E-state index contributed by atoms with van der Waals surface area (Å²) in [7, 11) is 0. The van der Waals surface area contributed by atoms with Crippen LogP contribution in [0.4, 0.5) is 0 Å². The summed E-state index contributed by atoms with van der Waals surface area (Å²) in [4.78, 5) is 22.6. The van der Waals surface area contributed by atoms with Crippen molar-refractivity contribution >= 4 is 23.2 Å². The molecule has 0 radical (unpaired) electrons. The number of fused-ring (bicyclic) bond motifs is 1. The van der Waals surface area contributed by atoms with E-state index in [4.69, 9.17) is 10.7 Å². The van der Waals surface area contributed by atoms with Crippen LogP contribution in [-0.2, 0) is 4.79 Å². The maximum absolute atomic E-state index is 11.4. The van der Waals surface area contributed by atoms with E-state index in [0.717, 1.165) is 29.6 Å². The van der Waals surface area contributed by atoms with Crippen molar-refractivity contribution in [3.8, 4) is 11.3 Å². The molecule has 0 spiro atoms. The van der Waals surface area contributed by atoms with Gasteiger partial charge in [0.15, 0.2) is 0 Å². The number of rotatable bonds is 7. The third-order valence-corrected chi connectivity index (χ3v) is 5.79. The summed E-state index contributed by atoms with van der Waals surface area (Å²) >= 11 is 0. The summed E-state index contributed by atoms with van der Waals surface area (Å²) in [5.74, 6) is 0.0745. The molecular formula is C22H28N8O. The van der Waals surface area contributed by atoms with Crippen LogP contribution in [0.2, 0.25) is 0 Å². The van der Waals surface area contributed by atoms with Gasteiger partial charge in [-0.25, -0.2) is 9.50 Å². The SMILES string of the molecule is CCC(CC)n1cc(-c2nc(C(C=NC3CN(C(C)=O)C3)=CN)cn3nccc23)cn1. The molecule has 0 atom stereocenters. The number of amides is 1. The van der Waals surface area contributed by atoms with E-state index in [9.17, 15) is 4.79 Å². The van der Waals surface area contributed by atoms with Gasteiger partial charge in [0, 0.05) is 49.8 Å². The van der Waals surface area contributed by atoms with Crippen molar-refractivity contribution in [2.24, 2.45) is 10.7 Å². The molecule has 4 heterocycles. The predicted molar refractivity (Wildman–Crippen MR) is 121 cm³/mol. The molecule has 9 nitrogen and oxygen atoms in total. The highest BCUT2D eigenvalue weighted by atomic mass is 16.2. The number of hydrogen-bond acceptors (Lipinski definition) is 6. The molecule has 3 aromatic rings. The van der Waals surface area contributed by atoms with Crippen LogP contribution in [0.1, 0.15) is 45.3 Å². The average Bonchev–Trinajstić information content (AvgIpc) is 3.39. The Labute approximate surface area is 181 Å². The van der Waals surface area contributed by atoms with Gasteiger partial charge in [0.05, 0.1) is 47.6 Å². The fraction of sp³-hybridized carbons (Fsp3) is 0.409. The van der Waals surface area contributed by atoms with Crippen LogP contribution in [0.15, 0.2) is 42.0 Å². The Morgan fingerprint density at radius 1 is 1.29 bits per heavy atom. The van der Waals surface area contributed by atoms with Gasteiger partial charge < -0.3 is 10.6 Å². The minimum Gasteiger partial charge on any atom is -0.404 e. The zero-order chi connectivity index (χ0) is 22.0. The lowest BCUT2D eigenvalue weighted by Gasteiger charge is -2.36. The summed E-state index contributed by atoms with van der Waals surface area (Å²) in [6, 6.07) is 2.39. The molecule has 0 bridgehead atoms. The number of carbonyl (C=O) groups is 1. The molecule has 9 heteroatoms. The second kappa shape index (κ2) is 8.71. The van der Waals surface area contributed by atoms with E-state index < -0.39 is 0 Å². The Hall–Kier alpha value is -3.49. The van der Waals surface area contributed by atoms with E-state index in [1.165, 1.54) is 6.20 Å². The van der Waals surface area contributed by atoms with Gasteiger partial charge in [-0.15, -0.1) is 0 Å². The summed E-state index contributed by atoms with van der Waals surface area (Å²) in [6.07, 6.45) is 12.8. The third-order valence-electron chi connectivity index (χ3n) is 5.79. The molecule has 1 amide bonds. The number of nitrogens with zero attached hydrogens (tertiary/aromatic N) is 7. The van der Waals surface area contributed by atoms with Gasteiger partial charge in [-0.05, 0) is 18.9 Å². The second-order valence-corrected chi connectivity index (χ2v) is 7.79. The van der Waals surface area contributed by atoms with Crippen LogP contribution in [0.25, 0.3) is 22.3 Å². The van der Waals surface area contributed by atoms with Crippen molar-refractivity contribution in [1.82, 2.24) is 29.3 Å². The number of nitrogens with two attached hydrogens (primary N) is 1. The average molecular weight is 421 g/mol. The molecule has 1 aliphatic rings. The first-order valence-electron chi connectivity index (χ1n) is 10.6. The number of carbonyl (C=O) groups excluding carboxylic acids is 1. The smallest absolute Gasteiger partial charge is 0.219 e. The first-order valence-corrected chi connectivity index (χ1v) is 10.6. The Morgan fingerprint density at radius 2 is 2.06 bits per heavy atom. The number of hydrogen-bond donors (Lipinski definition) is 1. The van der Waals surface area contributed by atoms with Crippen LogP contribution in [0, 0.1) is 0 Å². The standard InChI is InChI=1S/C22H28N8O/c1-4-19(5-2)29-11-17(10-26-29)22-21-6-7-25-30(21)14-20(27-22)16(8-23)9-24-18-12-28(13-18)15(3)31/h6-11,14,18-19H,4-5,12-13,23H2,1-3H3. The lowest BCUT2D eigenvalue weighted by atomic mass is 10.1. The Kier molecular flexibility index (Phi) is 5.83. The van der Waals surface area contributed by atoms with Crippen LogP contribution in [0.3, 0.4) is 0 Å². The van der Waals surface area contributed by atoms with Crippen molar-refractivity contribution in [2.45, 2.75) is 45.7 Å². The summed E-state index contributed by atoms with van der Waals surface area (Å²) in [5.41, 5.74) is 9.92. The maximum atomic E-state index is 11.4. The molecule has 31 heavy (non-hydrogen) atoms. The van der Waals surface area contributed by atoms with Gasteiger partial charge in [0.1, 0.15) is 0 Å². The van der Waals surface area contributed by atoms with Crippen molar-refractivity contribution in [2.75, 3.05) is 13.1 Å². The van der Waals surface area contributed by atoms with E-state index in [1.54, 1.807) is 28.8 Å². The first-order chi connectivity index (χ1) is 15.0. The topological polar surface area (TPSA) is 107 Å². The van der Waals surface area contributed by atoms with Crippen molar-refractivity contribution in [3.63, 3.8) is 0 Å². The molecule has 0 aromatic carbocycles. The highest BCUT2D eigenvalue weighted by molar-refractivity contribution is 6.09. The lowest BCUT2D eigenvalue weighted by molar-refractivity contribution is -0.132. The van der Waals surface area contributed by atoms with Gasteiger partial charge in [-0.3, -0.25) is 14.5 Å². The first kappa shape index (κ1) is 20.8. The molecule has 0 saturated carbocycles. The van der Waals surface area contributed by atoms with Gasteiger partial charge in [-0.1, -0.05) is 13.8 Å². The largest absolute Gasteiger partial charge is 0.404 e. The molecule has 1 aliphatic heterocycles. The quantitative estimate of drug-likeness (QED) is 0.591. The van der Waals surface area contributed by atoms with Gasteiger partial charge in [-0.2, -0.15) is 10.2 Å². The monoisotopic (exact) mass is 420 g/mol. The number of allylic oxidation sites excluding steroid dienone is 1. The third kappa shape index (κ3) is 4.08. The Balaban J connectivity index is 1.65. The van der Waals surface area contributed by atoms with Crippen LogP contribution < -0.4 is 5.73 Å². The van der Waals surface area contributed by atoms with E-state index in [2.05, 4.69) is 29.0 Å². The number of aromatic nitrogens is 5. The Bertz CT molecular complexity index is 1130. The lowest BCUT2D eigenvalue weighted by Crippen LogP contribution is -2.51.